The van der Waals surface area contributed by atoms with Gasteiger partial charge in [-0.15, -0.1) is 0 Å². The van der Waals surface area contributed by atoms with Crippen LogP contribution in [0.1, 0.15) is 24.2 Å². The number of Topliss-reactive ketones (excluding diaryl/α,β-unsaturated/α-hetero) is 1. The average Bonchev–Trinajstić information content (AvgIpc) is 2.70. The van der Waals surface area contributed by atoms with Crippen molar-refractivity contribution in [3.8, 4) is 0 Å². The molecule has 8 heteroatoms. The lowest BCUT2D eigenvalue weighted by atomic mass is 10.1. The number of anilines is 2. The number of nitrogens with one attached hydrogen (secondary N) is 1. The molecule has 29 heavy (non-hydrogen) atoms. The molecule has 0 saturated carbocycles. The molecule has 2 aromatic carbocycles. The fourth-order valence-corrected chi connectivity index (χ4v) is 3.50. The molecule has 1 amide bonds. The van der Waals surface area contributed by atoms with E-state index in [9.17, 15) is 18.4 Å². The van der Waals surface area contributed by atoms with E-state index in [2.05, 4.69) is 5.32 Å². The molecule has 1 aliphatic heterocycles. The normalized spacial score (nSPS) is 15.8. The molecule has 0 spiro atoms. The molecule has 1 aliphatic rings. The van der Waals surface area contributed by atoms with Crippen LogP contribution in [0.4, 0.5) is 20.2 Å². The number of carbonyl (C=O) groups is 2. The van der Waals surface area contributed by atoms with Gasteiger partial charge < -0.3 is 10.2 Å². The minimum Gasteiger partial charge on any atom is -0.367 e. The second kappa shape index (κ2) is 8.88. The first kappa shape index (κ1) is 21.2. The molecule has 1 atom stereocenters. The van der Waals surface area contributed by atoms with Crippen molar-refractivity contribution < 1.29 is 18.4 Å². The molecule has 0 aliphatic carbocycles. The third kappa shape index (κ3) is 4.92. The summed E-state index contributed by atoms with van der Waals surface area (Å²) in [5.41, 5.74) is 1.23. The zero-order chi connectivity index (χ0) is 21.1. The maximum absolute atomic E-state index is 14.4. The van der Waals surface area contributed by atoms with E-state index in [1.807, 2.05) is 9.80 Å². The van der Waals surface area contributed by atoms with E-state index < -0.39 is 17.7 Å². The summed E-state index contributed by atoms with van der Waals surface area (Å²) in [5, 5.41) is 2.68. The van der Waals surface area contributed by atoms with Gasteiger partial charge in [0.1, 0.15) is 11.6 Å². The van der Waals surface area contributed by atoms with Gasteiger partial charge in [0.2, 0.25) is 5.91 Å². The summed E-state index contributed by atoms with van der Waals surface area (Å²) in [6.07, 6.45) is 0. The summed E-state index contributed by atoms with van der Waals surface area (Å²) >= 11 is 5.75. The van der Waals surface area contributed by atoms with Crippen LogP contribution >= 0.6 is 11.6 Å². The molecule has 0 bridgehead atoms. The lowest BCUT2D eigenvalue weighted by molar-refractivity contribution is -0.120. The number of carbonyl (C=O) groups excluding carboxylic acids is 2. The zero-order valence-electron chi connectivity index (χ0n) is 16.2. The van der Waals surface area contributed by atoms with E-state index in [0.717, 1.165) is 0 Å². The molecule has 3 rings (SSSR count). The van der Waals surface area contributed by atoms with Gasteiger partial charge in [0.25, 0.3) is 0 Å². The Morgan fingerprint density at radius 1 is 1.03 bits per heavy atom. The first-order chi connectivity index (χ1) is 13.8. The third-order valence-electron chi connectivity index (χ3n) is 5.12. The van der Waals surface area contributed by atoms with Gasteiger partial charge in [0.05, 0.1) is 16.8 Å². The number of hydrogen-bond acceptors (Lipinski definition) is 4. The predicted octanol–water partition coefficient (Wildman–Crippen LogP) is 3.97. The number of rotatable bonds is 5. The van der Waals surface area contributed by atoms with Crippen LogP contribution < -0.4 is 10.2 Å². The number of piperazine rings is 1. The van der Waals surface area contributed by atoms with Gasteiger partial charge in [-0.2, -0.15) is 0 Å². The van der Waals surface area contributed by atoms with Gasteiger partial charge in [0.15, 0.2) is 5.78 Å². The summed E-state index contributed by atoms with van der Waals surface area (Å²) in [6, 6.07) is 8.12. The second-order valence-corrected chi connectivity index (χ2v) is 7.45. The summed E-state index contributed by atoms with van der Waals surface area (Å²) < 4.78 is 27.6. The average molecular weight is 422 g/mol. The van der Waals surface area contributed by atoms with Crippen molar-refractivity contribution in [2.24, 2.45) is 0 Å². The Balaban J connectivity index is 1.59. The van der Waals surface area contributed by atoms with Crippen molar-refractivity contribution in [3.63, 3.8) is 0 Å². The number of benzene rings is 2. The molecule has 2 aromatic rings. The van der Waals surface area contributed by atoms with Gasteiger partial charge in [-0.3, -0.25) is 14.5 Å². The van der Waals surface area contributed by atoms with Crippen molar-refractivity contribution in [2.75, 3.05) is 36.4 Å². The largest absolute Gasteiger partial charge is 0.367 e. The van der Waals surface area contributed by atoms with Gasteiger partial charge in [-0.05, 0) is 50.2 Å². The lowest BCUT2D eigenvalue weighted by Crippen LogP contribution is -2.53. The first-order valence-corrected chi connectivity index (χ1v) is 9.69. The minimum atomic E-state index is -0.544. The molecule has 1 unspecified atom stereocenters. The van der Waals surface area contributed by atoms with Crippen molar-refractivity contribution in [2.45, 2.75) is 19.9 Å². The fraction of sp³-hybridized carbons (Fsp3) is 0.333. The number of nitrogens with zero attached hydrogens (tertiary/aromatic N) is 2. The van der Waals surface area contributed by atoms with E-state index in [0.29, 0.717) is 43.1 Å². The van der Waals surface area contributed by atoms with Crippen LogP contribution in [0, 0.1) is 11.6 Å². The molecular weight excluding hydrogens is 400 g/mol. The van der Waals surface area contributed by atoms with Crippen LogP contribution in [0.15, 0.2) is 36.4 Å². The summed E-state index contributed by atoms with van der Waals surface area (Å²) in [6.45, 7) is 5.45. The highest BCUT2D eigenvalue weighted by molar-refractivity contribution is 6.31. The summed E-state index contributed by atoms with van der Waals surface area (Å²) in [7, 11) is 0. The van der Waals surface area contributed by atoms with Crippen LogP contribution in [0.25, 0.3) is 0 Å². The second-order valence-electron chi connectivity index (χ2n) is 7.04. The van der Waals surface area contributed by atoms with Gasteiger partial charge in [-0.25, -0.2) is 8.78 Å². The van der Waals surface area contributed by atoms with Crippen molar-refractivity contribution in [1.82, 2.24) is 4.90 Å². The van der Waals surface area contributed by atoms with Gasteiger partial charge in [-0.1, -0.05) is 11.6 Å². The Hall–Kier alpha value is -2.51. The van der Waals surface area contributed by atoms with Crippen LogP contribution in [0.2, 0.25) is 5.02 Å². The van der Waals surface area contributed by atoms with Crippen molar-refractivity contribution in [1.29, 1.82) is 0 Å². The standard InChI is InChI=1S/C21H22ClF2N3O2/c1-13(21(29)25-16-4-5-18(23)17(22)12-16)26-7-9-27(10-8-26)20-6-3-15(14(2)28)11-19(20)24/h3-6,11-13H,7-10H2,1-2H3,(H,25,29). The highest BCUT2D eigenvalue weighted by Crippen LogP contribution is 2.23. The fourth-order valence-electron chi connectivity index (χ4n) is 3.32. The van der Waals surface area contributed by atoms with Crippen LogP contribution in [0.3, 0.4) is 0 Å². The summed E-state index contributed by atoms with van der Waals surface area (Å²) in [4.78, 5) is 27.8. The topological polar surface area (TPSA) is 52.7 Å². The first-order valence-electron chi connectivity index (χ1n) is 9.31. The smallest absolute Gasteiger partial charge is 0.241 e. The molecule has 1 N–H and O–H groups in total. The van der Waals surface area contributed by atoms with E-state index in [4.69, 9.17) is 11.6 Å². The maximum atomic E-state index is 14.4. The Bertz CT molecular complexity index is 930. The van der Waals surface area contributed by atoms with E-state index >= 15 is 0 Å². The Morgan fingerprint density at radius 2 is 1.72 bits per heavy atom. The van der Waals surface area contributed by atoms with Crippen LogP contribution in [-0.4, -0.2) is 48.8 Å². The molecule has 0 radical (unpaired) electrons. The third-order valence-corrected chi connectivity index (χ3v) is 5.41. The highest BCUT2D eigenvalue weighted by atomic mass is 35.5. The minimum absolute atomic E-state index is 0.0538. The Kier molecular flexibility index (Phi) is 6.49. The molecule has 154 valence electrons. The van der Waals surface area contributed by atoms with Crippen LogP contribution in [-0.2, 0) is 4.79 Å². The molecule has 1 saturated heterocycles. The van der Waals surface area contributed by atoms with Gasteiger partial charge in [0, 0.05) is 37.4 Å². The van der Waals surface area contributed by atoms with E-state index in [1.165, 1.54) is 31.2 Å². The number of hydrogen-bond donors (Lipinski definition) is 1. The molecular formula is C21H22ClF2N3O2. The molecule has 5 nitrogen and oxygen atoms in total. The number of amides is 1. The van der Waals surface area contributed by atoms with E-state index in [-0.39, 0.29) is 16.7 Å². The Labute approximate surface area is 173 Å². The molecule has 0 aromatic heterocycles. The SMILES string of the molecule is CC(=O)c1ccc(N2CCN(C(C)C(=O)Nc3ccc(F)c(Cl)c3)CC2)c(F)c1. The maximum Gasteiger partial charge on any atom is 0.241 e. The Morgan fingerprint density at radius 3 is 2.31 bits per heavy atom. The van der Waals surface area contributed by atoms with Crippen molar-refractivity contribution in [3.05, 3.63) is 58.6 Å². The molecule has 1 heterocycles. The number of halogens is 3. The molecule has 1 fully saturated rings. The summed E-state index contributed by atoms with van der Waals surface area (Å²) in [5.74, 6) is -1.37. The highest BCUT2D eigenvalue weighted by Gasteiger charge is 2.27. The zero-order valence-corrected chi connectivity index (χ0v) is 17.0. The van der Waals surface area contributed by atoms with Gasteiger partial charge >= 0.3 is 0 Å². The lowest BCUT2D eigenvalue weighted by Gasteiger charge is -2.38. The predicted molar refractivity (Wildman–Crippen MR) is 110 cm³/mol. The monoisotopic (exact) mass is 421 g/mol. The number of ketones is 1. The van der Waals surface area contributed by atoms with Crippen LogP contribution in [0.5, 0.6) is 0 Å². The van der Waals surface area contributed by atoms with E-state index in [1.54, 1.807) is 19.1 Å². The quantitative estimate of drug-likeness (QED) is 0.742. The van der Waals surface area contributed by atoms with Crippen molar-refractivity contribution >= 4 is 34.7 Å².